The minimum Gasteiger partial charge on any atom is -0.344 e. The molecule has 5 nitrogen and oxygen atoms in total. The zero-order valence-corrected chi connectivity index (χ0v) is 11.1. The number of hydrogen-bond donors (Lipinski definition) is 1. The summed E-state index contributed by atoms with van der Waals surface area (Å²) >= 11 is 0. The van der Waals surface area contributed by atoms with Crippen molar-refractivity contribution in [2.24, 2.45) is 0 Å². The molecule has 0 aromatic carbocycles. The fourth-order valence-corrected chi connectivity index (χ4v) is 2.25. The summed E-state index contributed by atoms with van der Waals surface area (Å²) in [5, 5.41) is 2.80. The highest BCUT2D eigenvalue weighted by atomic mass is 16.2. The van der Waals surface area contributed by atoms with E-state index in [9.17, 15) is 9.59 Å². The summed E-state index contributed by atoms with van der Waals surface area (Å²) < 4.78 is 0. The van der Waals surface area contributed by atoms with Gasteiger partial charge in [-0.2, -0.15) is 0 Å². The maximum absolute atomic E-state index is 12.4. The first-order chi connectivity index (χ1) is 9.20. The van der Waals surface area contributed by atoms with Crippen LogP contribution in [0.5, 0.6) is 0 Å². The second-order valence-corrected chi connectivity index (χ2v) is 4.78. The van der Waals surface area contributed by atoms with E-state index in [0.29, 0.717) is 25.9 Å². The van der Waals surface area contributed by atoms with Crippen LogP contribution in [0.25, 0.3) is 0 Å². The Bertz CT molecular complexity index is 447. The van der Waals surface area contributed by atoms with Crippen molar-refractivity contribution in [1.29, 1.82) is 0 Å². The van der Waals surface area contributed by atoms with Gasteiger partial charge in [0.25, 0.3) is 0 Å². The van der Waals surface area contributed by atoms with E-state index in [1.54, 1.807) is 17.3 Å². The maximum atomic E-state index is 12.4. The number of amides is 2. The lowest BCUT2D eigenvalue weighted by molar-refractivity contribution is -0.134. The first kappa shape index (κ1) is 13.5. The Morgan fingerprint density at radius 2 is 2.32 bits per heavy atom. The molecule has 0 spiro atoms. The summed E-state index contributed by atoms with van der Waals surface area (Å²) in [6, 6.07) is 3.41. The maximum Gasteiger partial charge on any atom is 0.245 e. The largest absolute Gasteiger partial charge is 0.344 e. The molecule has 1 unspecified atom stereocenters. The van der Waals surface area contributed by atoms with Gasteiger partial charge in [-0.3, -0.25) is 14.6 Å². The molecular weight excluding hydrogens is 242 g/mol. The fraction of sp³-hybridized carbons (Fsp3) is 0.500. The van der Waals surface area contributed by atoms with Gasteiger partial charge in [-0.25, -0.2) is 0 Å². The normalized spacial score (nSPS) is 20.1. The average Bonchev–Trinajstić information content (AvgIpc) is 2.54. The topological polar surface area (TPSA) is 62.3 Å². The molecule has 2 amide bonds. The summed E-state index contributed by atoms with van der Waals surface area (Å²) in [5.74, 6) is -0.0305. The first-order valence-electron chi connectivity index (χ1n) is 6.67. The van der Waals surface area contributed by atoms with E-state index in [4.69, 9.17) is 0 Å². The Balaban J connectivity index is 2.10. The summed E-state index contributed by atoms with van der Waals surface area (Å²) in [6.45, 7) is 3.00. The number of nitrogens with one attached hydrogen (secondary N) is 1. The lowest BCUT2D eigenvalue weighted by atomic mass is 10.1. The standard InChI is InChI=1S/C14H19N3O2/c1-2-4-12-14(19)17(8-6-13(18)16-12)10-11-5-3-7-15-9-11/h3,5,7,9,12H,2,4,6,8,10H2,1H3,(H,16,18). The van der Waals surface area contributed by atoms with Crippen LogP contribution in [-0.2, 0) is 16.1 Å². The molecule has 0 bridgehead atoms. The van der Waals surface area contributed by atoms with Crippen molar-refractivity contribution < 1.29 is 9.59 Å². The molecule has 1 aromatic heterocycles. The van der Waals surface area contributed by atoms with Crippen molar-refractivity contribution in [2.45, 2.75) is 38.8 Å². The molecule has 2 rings (SSSR count). The van der Waals surface area contributed by atoms with Gasteiger partial charge in [0.1, 0.15) is 6.04 Å². The van der Waals surface area contributed by atoms with Crippen LogP contribution in [0.2, 0.25) is 0 Å². The van der Waals surface area contributed by atoms with Crippen LogP contribution in [-0.4, -0.2) is 34.3 Å². The van der Waals surface area contributed by atoms with E-state index >= 15 is 0 Å². The lowest BCUT2D eigenvalue weighted by Gasteiger charge is -2.23. The molecule has 102 valence electrons. The fourth-order valence-electron chi connectivity index (χ4n) is 2.25. The molecule has 5 heteroatoms. The van der Waals surface area contributed by atoms with Gasteiger partial charge >= 0.3 is 0 Å². The summed E-state index contributed by atoms with van der Waals surface area (Å²) in [6.07, 6.45) is 5.39. The average molecular weight is 261 g/mol. The molecule has 1 aliphatic heterocycles. The third kappa shape index (κ3) is 3.53. The van der Waals surface area contributed by atoms with Gasteiger partial charge in [-0.1, -0.05) is 19.4 Å². The molecule has 1 aromatic rings. The minimum absolute atomic E-state index is 0.0107. The molecule has 1 atom stereocenters. The highest BCUT2D eigenvalue weighted by molar-refractivity contribution is 5.89. The van der Waals surface area contributed by atoms with E-state index in [1.807, 2.05) is 19.1 Å². The SMILES string of the molecule is CCCC1NC(=O)CCN(Cc2cccnc2)C1=O. The molecular formula is C14H19N3O2. The predicted molar refractivity (Wildman–Crippen MR) is 71.1 cm³/mol. The third-order valence-electron chi connectivity index (χ3n) is 3.23. The van der Waals surface area contributed by atoms with E-state index in [-0.39, 0.29) is 17.9 Å². The minimum atomic E-state index is -0.378. The molecule has 1 N–H and O–H groups in total. The Kier molecular flexibility index (Phi) is 4.49. The number of nitrogens with zero attached hydrogens (tertiary/aromatic N) is 2. The molecule has 2 heterocycles. The molecule has 19 heavy (non-hydrogen) atoms. The van der Waals surface area contributed by atoms with E-state index < -0.39 is 0 Å². The van der Waals surface area contributed by atoms with Gasteiger partial charge in [-0.15, -0.1) is 0 Å². The second kappa shape index (κ2) is 6.31. The third-order valence-corrected chi connectivity index (χ3v) is 3.23. The van der Waals surface area contributed by atoms with Gasteiger partial charge in [-0.05, 0) is 18.1 Å². The number of rotatable bonds is 4. The highest BCUT2D eigenvalue weighted by Gasteiger charge is 2.28. The van der Waals surface area contributed by atoms with Gasteiger partial charge in [0.05, 0.1) is 0 Å². The highest BCUT2D eigenvalue weighted by Crippen LogP contribution is 2.12. The zero-order chi connectivity index (χ0) is 13.7. The van der Waals surface area contributed by atoms with Crippen LogP contribution in [0.15, 0.2) is 24.5 Å². The number of carbonyl (C=O) groups excluding carboxylic acids is 2. The van der Waals surface area contributed by atoms with Crippen molar-refractivity contribution in [2.75, 3.05) is 6.54 Å². The van der Waals surface area contributed by atoms with Crippen molar-refractivity contribution in [3.63, 3.8) is 0 Å². The van der Waals surface area contributed by atoms with E-state index in [1.165, 1.54) is 0 Å². The molecule has 1 saturated heterocycles. The Morgan fingerprint density at radius 3 is 3.00 bits per heavy atom. The predicted octanol–water partition coefficient (Wildman–Crippen LogP) is 1.10. The summed E-state index contributed by atoms with van der Waals surface area (Å²) in [4.78, 5) is 29.8. The van der Waals surface area contributed by atoms with Crippen LogP contribution in [0.4, 0.5) is 0 Å². The quantitative estimate of drug-likeness (QED) is 0.882. The van der Waals surface area contributed by atoms with Gasteiger partial charge < -0.3 is 10.2 Å². The number of hydrogen-bond acceptors (Lipinski definition) is 3. The van der Waals surface area contributed by atoms with Crippen LogP contribution < -0.4 is 5.32 Å². The summed E-state index contributed by atoms with van der Waals surface area (Å²) in [5.41, 5.74) is 0.987. The van der Waals surface area contributed by atoms with Crippen LogP contribution in [0.1, 0.15) is 31.7 Å². The molecule has 1 fully saturated rings. The van der Waals surface area contributed by atoms with Gasteiger partial charge in [0, 0.05) is 31.9 Å². The monoisotopic (exact) mass is 261 g/mol. The Labute approximate surface area is 113 Å². The van der Waals surface area contributed by atoms with Gasteiger partial charge in [0.15, 0.2) is 0 Å². The molecule has 1 aliphatic rings. The zero-order valence-electron chi connectivity index (χ0n) is 11.1. The first-order valence-corrected chi connectivity index (χ1v) is 6.67. The number of pyridine rings is 1. The van der Waals surface area contributed by atoms with E-state index in [0.717, 1.165) is 12.0 Å². The van der Waals surface area contributed by atoms with Crippen LogP contribution >= 0.6 is 0 Å². The Morgan fingerprint density at radius 1 is 1.47 bits per heavy atom. The van der Waals surface area contributed by atoms with Crippen LogP contribution in [0.3, 0.4) is 0 Å². The summed E-state index contributed by atoms with van der Waals surface area (Å²) in [7, 11) is 0. The van der Waals surface area contributed by atoms with Crippen molar-refractivity contribution in [3.8, 4) is 0 Å². The van der Waals surface area contributed by atoms with Crippen molar-refractivity contribution >= 4 is 11.8 Å². The van der Waals surface area contributed by atoms with Crippen molar-refractivity contribution in [3.05, 3.63) is 30.1 Å². The number of aromatic nitrogens is 1. The smallest absolute Gasteiger partial charge is 0.245 e. The lowest BCUT2D eigenvalue weighted by Crippen LogP contribution is -2.44. The Hall–Kier alpha value is -1.91. The second-order valence-electron chi connectivity index (χ2n) is 4.78. The van der Waals surface area contributed by atoms with Crippen LogP contribution in [0, 0.1) is 0 Å². The van der Waals surface area contributed by atoms with E-state index in [2.05, 4.69) is 10.3 Å². The molecule has 0 radical (unpaired) electrons. The molecule has 0 aliphatic carbocycles. The van der Waals surface area contributed by atoms with Gasteiger partial charge in [0.2, 0.25) is 11.8 Å². The molecule has 0 saturated carbocycles. The number of carbonyl (C=O) groups is 2. The van der Waals surface area contributed by atoms with Crippen molar-refractivity contribution in [1.82, 2.24) is 15.2 Å².